The number of hydrogen-bond donors (Lipinski definition) is 4. The van der Waals surface area contributed by atoms with E-state index in [0.717, 1.165) is 4.90 Å². The van der Waals surface area contributed by atoms with Gasteiger partial charge in [0.25, 0.3) is 23.6 Å². The Kier molecular flexibility index (Phi) is 13.6. The van der Waals surface area contributed by atoms with E-state index >= 15 is 0 Å². The molecular formula is C47H52N14O9. The monoisotopic (exact) mass is 956 g/mol. The fourth-order valence-electron chi connectivity index (χ4n) is 8.49. The number of anilines is 2. The molecule has 0 aliphatic carbocycles. The number of benzene rings is 2. The Hall–Kier alpha value is -8.63. The van der Waals surface area contributed by atoms with Gasteiger partial charge in [-0.2, -0.15) is 10.2 Å². The molecule has 1 fully saturated rings. The van der Waals surface area contributed by atoms with E-state index in [1.807, 2.05) is 26.0 Å². The number of likely N-dealkylation sites (tertiary alicyclic amines) is 1. The van der Waals surface area contributed by atoms with Crippen LogP contribution in [0.2, 0.25) is 0 Å². The molecular weight excluding hydrogens is 905 g/mol. The quantitative estimate of drug-likeness (QED) is 0.0633. The number of rotatable bonds is 20. The fourth-order valence-corrected chi connectivity index (χ4v) is 8.49. The highest BCUT2D eigenvalue weighted by molar-refractivity contribution is 6.13. The maximum atomic E-state index is 13.9. The average molecular weight is 957 g/mol. The van der Waals surface area contributed by atoms with Crippen molar-refractivity contribution in [3.05, 3.63) is 94.6 Å². The number of ether oxygens (including phenoxy) is 2. The lowest BCUT2D eigenvalue weighted by atomic mass is 9.96. The normalized spacial score (nSPS) is 13.8. The first-order valence-corrected chi connectivity index (χ1v) is 22.6. The first-order chi connectivity index (χ1) is 33.6. The Morgan fingerprint density at radius 2 is 1.21 bits per heavy atom. The van der Waals surface area contributed by atoms with Gasteiger partial charge in [-0.1, -0.05) is 12.2 Å². The van der Waals surface area contributed by atoms with Gasteiger partial charge in [-0.25, -0.2) is 9.97 Å². The number of nitrogens with two attached hydrogens (primary N) is 2. The minimum Gasteiger partial charge on any atom is -0.494 e. The number of allylic oxidation sites excluding steroid dienone is 2. The summed E-state index contributed by atoms with van der Waals surface area (Å²) in [5.74, 6) is -2.47. The number of primary amides is 2. The number of methoxy groups -OCH3 is 1. The molecule has 2 aromatic carbocycles. The molecule has 6 aromatic rings. The Bertz CT molecular complexity index is 3150. The van der Waals surface area contributed by atoms with E-state index in [1.165, 1.54) is 43.5 Å². The molecule has 23 nitrogen and oxygen atoms in total. The number of amides is 7. The van der Waals surface area contributed by atoms with E-state index in [2.05, 4.69) is 25.8 Å². The Labute approximate surface area is 400 Å². The highest BCUT2D eigenvalue weighted by Gasteiger charge is 2.32. The van der Waals surface area contributed by atoms with Gasteiger partial charge < -0.3 is 35.0 Å². The largest absolute Gasteiger partial charge is 0.494 e. The van der Waals surface area contributed by atoms with E-state index in [0.29, 0.717) is 77.4 Å². The van der Waals surface area contributed by atoms with Gasteiger partial charge in [-0.15, -0.1) is 0 Å². The van der Waals surface area contributed by atoms with Crippen molar-refractivity contribution in [3.63, 3.8) is 0 Å². The summed E-state index contributed by atoms with van der Waals surface area (Å²) in [5, 5.41) is 14.6. The molecule has 364 valence electrons. The third-order valence-electron chi connectivity index (χ3n) is 12.0. The van der Waals surface area contributed by atoms with Gasteiger partial charge in [0.15, 0.2) is 0 Å². The summed E-state index contributed by atoms with van der Waals surface area (Å²) < 4.78 is 18.7. The van der Waals surface area contributed by atoms with Crippen molar-refractivity contribution in [1.29, 1.82) is 0 Å². The summed E-state index contributed by atoms with van der Waals surface area (Å²) >= 11 is 0. The Morgan fingerprint density at radius 1 is 0.729 bits per heavy atom. The summed E-state index contributed by atoms with van der Waals surface area (Å²) in [5.41, 5.74) is 15.2. The second-order valence-corrected chi connectivity index (χ2v) is 16.8. The lowest BCUT2D eigenvalue weighted by Gasteiger charge is -2.39. The Morgan fingerprint density at radius 3 is 1.69 bits per heavy atom. The highest BCUT2D eigenvalue weighted by atomic mass is 16.5. The molecule has 0 atom stereocenters. The van der Waals surface area contributed by atoms with Crippen LogP contribution in [0.1, 0.15) is 79.8 Å². The number of nitrogens with zero attached hydrogens (tertiary/aromatic N) is 10. The molecule has 1 saturated heterocycles. The van der Waals surface area contributed by atoms with E-state index in [4.69, 9.17) is 25.9 Å². The first kappa shape index (κ1) is 47.8. The van der Waals surface area contributed by atoms with Gasteiger partial charge in [0.2, 0.25) is 29.6 Å². The zero-order chi connectivity index (χ0) is 50.0. The molecule has 7 amide bonds. The average Bonchev–Trinajstić information content (AvgIpc) is 4.14. The van der Waals surface area contributed by atoms with E-state index < -0.39 is 35.4 Å². The number of fused-ring (bicyclic) bond motifs is 2. The molecule has 0 radical (unpaired) electrons. The first-order valence-electron chi connectivity index (χ1n) is 22.6. The molecule has 70 heavy (non-hydrogen) atoms. The van der Waals surface area contributed by atoms with Crippen molar-refractivity contribution >= 4 is 75.3 Å². The molecule has 6 heterocycles. The Balaban J connectivity index is 1.08. The van der Waals surface area contributed by atoms with Crippen molar-refractivity contribution in [1.82, 2.24) is 48.5 Å². The molecule has 0 saturated carbocycles. The predicted molar refractivity (Wildman–Crippen MR) is 254 cm³/mol. The molecule has 2 aliphatic heterocycles. The van der Waals surface area contributed by atoms with Crippen LogP contribution in [-0.4, -0.2) is 123 Å². The molecule has 2 aliphatic rings. The second-order valence-electron chi connectivity index (χ2n) is 16.8. The van der Waals surface area contributed by atoms with Crippen LogP contribution in [0.3, 0.4) is 0 Å². The molecule has 0 spiro atoms. The molecule has 6 N–H and O–H groups in total. The van der Waals surface area contributed by atoms with Crippen LogP contribution in [0.5, 0.6) is 11.5 Å². The summed E-state index contributed by atoms with van der Waals surface area (Å²) in [6, 6.07) is 9.38. The van der Waals surface area contributed by atoms with Gasteiger partial charge in [-0.05, 0) is 76.4 Å². The van der Waals surface area contributed by atoms with Crippen LogP contribution in [0, 0.1) is 19.8 Å². The second kappa shape index (κ2) is 19.9. The van der Waals surface area contributed by atoms with E-state index in [1.54, 1.807) is 49.4 Å². The van der Waals surface area contributed by atoms with Gasteiger partial charge in [0.05, 0.1) is 36.1 Å². The van der Waals surface area contributed by atoms with Gasteiger partial charge in [0, 0.05) is 75.5 Å². The molecule has 0 unspecified atom stereocenters. The number of aryl methyl sites for hydroxylation is 4. The van der Waals surface area contributed by atoms with Crippen molar-refractivity contribution in [2.24, 2.45) is 17.4 Å². The summed E-state index contributed by atoms with van der Waals surface area (Å²) in [6.45, 7) is 9.53. The highest BCUT2D eigenvalue weighted by Crippen LogP contribution is 2.34. The minimum absolute atomic E-state index is 0.00737. The standard InChI is InChI=1S/C47H52N14O9/c1-6-60-33(18-26(3)54-60)44(67)52-46-50-31-20-29(42(48)65)22-35(69-5)40(31)58(46)14-8-9-15-59-41-32(51-47(59)53-45(68)34-19-27(4)55-61(34)7-2)21-30(43(49)66)23-36(41)70-17-13-28-24-56(25-28)37(62)12-16-57-38(63)10-11-39(57)64/h8-11,18-23,28H,6-7,12-17,24-25H2,1-5H3,(H2,48,65)(H2,49,66)(H,50,52,67)(H,51,53,68). The zero-order valence-electron chi connectivity index (χ0n) is 39.2. The van der Waals surface area contributed by atoms with Gasteiger partial charge in [-0.3, -0.25) is 58.5 Å². The van der Waals surface area contributed by atoms with Crippen LogP contribution in [0.4, 0.5) is 11.9 Å². The number of carbonyl (C=O) groups excluding carboxylic acids is 7. The zero-order valence-corrected chi connectivity index (χ0v) is 39.2. The topological polar surface area (TPSA) is 292 Å². The third kappa shape index (κ3) is 9.70. The maximum absolute atomic E-state index is 13.9. The van der Waals surface area contributed by atoms with Crippen molar-refractivity contribution in [2.75, 3.05) is 44.0 Å². The van der Waals surface area contributed by atoms with Crippen molar-refractivity contribution in [2.45, 2.75) is 66.7 Å². The van der Waals surface area contributed by atoms with Gasteiger partial charge >= 0.3 is 0 Å². The number of imidazole rings is 2. The van der Waals surface area contributed by atoms with Crippen LogP contribution in [0.15, 0.2) is 60.7 Å². The fraction of sp³-hybridized carbons (Fsp3) is 0.340. The number of nitrogens with one attached hydrogen (secondary N) is 2. The number of hydrogen-bond acceptors (Lipinski definition) is 13. The minimum atomic E-state index is -0.724. The molecule has 4 aromatic heterocycles. The third-order valence-corrected chi connectivity index (χ3v) is 12.0. The summed E-state index contributed by atoms with van der Waals surface area (Å²) in [6.07, 6.45) is 6.55. The SMILES string of the molecule is CCn1nc(C)cc1C(=O)Nc1nc2cc(C(N)=O)cc(OC)c2n1CC=CCn1c(NC(=O)c2cc(C)nn2CC)nc2cc(C(N)=O)cc(OCCC3CN(C(=O)CCN4C(=O)C=CC4=O)C3)c21. The summed E-state index contributed by atoms with van der Waals surface area (Å²) in [4.78, 5) is 101. The number of aromatic nitrogens is 8. The summed E-state index contributed by atoms with van der Waals surface area (Å²) in [7, 11) is 1.44. The van der Waals surface area contributed by atoms with E-state index in [-0.39, 0.29) is 79.0 Å². The number of imide groups is 1. The lowest BCUT2D eigenvalue weighted by Crippen LogP contribution is -2.51. The smallest absolute Gasteiger partial charge is 0.276 e. The van der Waals surface area contributed by atoms with Crippen LogP contribution in [0.25, 0.3) is 22.1 Å². The van der Waals surface area contributed by atoms with Crippen LogP contribution < -0.4 is 31.6 Å². The lowest BCUT2D eigenvalue weighted by molar-refractivity contribution is -0.140. The predicted octanol–water partition coefficient (Wildman–Crippen LogP) is 2.95. The van der Waals surface area contributed by atoms with Crippen LogP contribution >= 0.6 is 0 Å². The van der Waals surface area contributed by atoms with Gasteiger partial charge in [0.1, 0.15) is 33.9 Å². The van der Waals surface area contributed by atoms with Crippen molar-refractivity contribution in [3.8, 4) is 11.5 Å². The molecule has 0 bridgehead atoms. The van der Waals surface area contributed by atoms with Crippen LogP contribution in [-0.2, 0) is 40.6 Å². The number of carbonyl (C=O) groups is 7. The maximum Gasteiger partial charge on any atom is 0.276 e. The van der Waals surface area contributed by atoms with Crippen molar-refractivity contribution < 1.29 is 43.0 Å². The van der Waals surface area contributed by atoms with E-state index in [9.17, 15) is 33.6 Å². The molecule has 23 heteroatoms. The molecule has 8 rings (SSSR count).